The number of benzene rings is 2. The van der Waals surface area contributed by atoms with Crippen molar-refractivity contribution in [3.63, 3.8) is 0 Å². The zero-order valence-corrected chi connectivity index (χ0v) is 21.9. The summed E-state index contributed by atoms with van der Waals surface area (Å²) in [5, 5.41) is 10.6. The molecule has 3 aromatic rings. The van der Waals surface area contributed by atoms with Crippen LogP contribution >= 0.6 is 23.2 Å². The van der Waals surface area contributed by atoms with Gasteiger partial charge in [-0.2, -0.15) is 26.3 Å². The van der Waals surface area contributed by atoms with Crippen LogP contribution in [-0.4, -0.2) is 31.6 Å². The van der Waals surface area contributed by atoms with Gasteiger partial charge in [-0.3, -0.25) is 4.72 Å². The van der Waals surface area contributed by atoms with Crippen molar-refractivity contribution in [2.45, 2.75) is 35.7 Å². The number of sulfonamides is 1. The number of nitrogens with one attached hydrogen (secondary N) is 1. The number of pyridine rings is 1. The lowest BCUT2D eigenvalue weighted by molar-refractivity contribution is -0.138. The van der Waals surface area contributed by atoms with Gasteiger partial charge < -0.3 is 10.0 Å². The average Bonchev–Trinajstić information content (AvgIpc) is 2.84. The topological polar surface area (TPSA) is 82.5 Å². The van der Waals surface area contributed by atoms with E-state index in [1.165, 1.54) is 12.1 Å². The Bertz CT molecular complexity index is 1490. The van der Waals surface area contributed by atoms with E-state index in [2.05, 4.69) is 9.71 Å². The SMILES string of the molecule is O=S(=O)(Nc1cnc(N2CCC(O)(c3ccc(Cl)c(C(F)(F)F)c3)CC2)c(Cl)c1)c1cccc(C(F)(F)F)c1. The van der Waals surface area contributed by atoms with Gasteiger partial charge in [0.1, 0.15) is 5.82 Å². The van der Waals surface area contributed by atoms with Crippen LogP contribution in [0.4, 0.5) is 37.8 Å². The van der Waals surface area contributed by atoms with Crippen LogP contribution in [-0.2, 0) is 28.0 Å². The number of halogens is 8. The lowest BCUT2D eigenvalue weighted by Crippen LogP contribution is -2.43. The fourth-order valence-electron chi connectivity index (χ4n) is 4.18. The van der Waals surface area contributed by atoms with E-state index in [-0.39, 0.29) is 48.0 Å². The third kappa shape index (κ3) is 6.37. The Morgan fingerprint density at radius 3 is 2.18 bits per heavy atom. The normalized spacial score (nSPS) is 16.3. The minimum absolute atomic E-state index is 0.00975. The zero-order valence-electron chi connectivity index (χ0n) is 19.6. The number of nitrogens with zero attached hydrogens (tertiary/aromatic N) is 2. The van der Waals surface area contributed by atoms with Gasteiger partial charge in [0, 0.05) is 13.1 Å². The van der Waals surface area contributed by atoms with Crippen LogP contribution in [0.25, 0.3) is 0 Å². The summed E-state index contributed by atoms with van der Waals surface area (Å²) >= 11 is 12.0. The summed E-state index contributed by atoms with van der Waals surface area (Å²) in [6.45, 7) is 0.311. The monoisotopic (exact) mass is 613 g/mol. The molecule has 210 valence electrons. The molecule has 1 aliphatic heterocycles. The first-order valence-corrected chi connectivity index (χ1v) is 13.4. The molecule has 2 aromatic carbocycles. The predicted octanol–water partition coefficient (Wildman–Crippen LogP) is 6.71. The second kappa shape index (κ2) is 10.3. The second-order valence-corrected chi connectivity index (χ2v) is 11.4. The van der Waals surface area contributed by atoms with Crippen LogP contribution in [0.1, 0.15) is 29.5 Å². The molecule has 1 aromatic heterocycles. The summed E-state index contributed by atoms with van der Waals surface area (Å²) in [6.07, 6.45) is -8.22. The van der Waals surface area contributed by atoms with E-state index in [0.717, 1.165) is 36.5 Å². The molecule has 2 heterocycles. The van der Waals surface area contributed by atoms with Crippen molar-refractivity contribution in [1.82, 2.24) is 4.98 Å². The molecule has 4 rings (SSSR count). The van der Waals surface area contributed by atoms with Gasteiger partial charge in [0.05, 0.1) is 43.6 Å². The maximum atomic E-state index is 13.3. The zero-order chi connectivity index (χ0) is 28.8. The van der Waals surface area contributed by atoms with Crippen molar-refractivity contribution >= 4 is 44.7 Å². The molecule has 1 saturated heterocycles. The molecule has 0 atom stereocenters. The molecule has 0 spiro atoms. The van der Waals surface area contributed by atoms with Gasteiger partial charge in [-0.1, -0.05) is 35.3 Å². The molecule has 2 N–H and O–H groups in total. The van der Waals surface area contributed by atoms with Gasteiger partial charge >= 0.3 is 12.4 Å². The molecule has 6 nitrogen and oxygen atoms in total. The van der Waals surface area contributed by atoms with E-state index in [4.69, 9.17) is 23.2 Å². The summed E-state index contributed by atoms with van der Waals surface area (Å²) in [5.74, 6) is 0.229. The van der Waals surface area contributed by atoms with Crippen LogP contribution in [0.5, 0.6) is 0 Å². The highest BCUT2D eigenvalue weighted by Gasteiger charge is 2.39. The van der Waals surface area contributed by atoms with E-state index in [1.54, 1.807) is 4.90 Å². The predicted molar refractivity (Wildman–Crippen MR) is 133 cm³/mol. The number of hydrogen-bond acceptors (Lipinski definition) is 5. The highest BCUT2D eigenvalue weighted by molar-refractivity contribution is 7.92. The van der Waals surface area contributed by atoms with Crippen molar-refractivity contribution in [2.24, 2.45) is 0 Å². The summed E-state index contributed by atoms with van der Waals surface area (Å²) in [7, 11) is -4.40. The largest absolute Gasteiger partial charge is 0.417 e. The molecule has 39 heavy (non-hydrogen) atoms. The molecular weight excluding hydrogens is 595 g/mol. The van der Waals surface area contributed by atoms with E-state index >= 15 is 0 Å². The van der Waals surface area contributed by atoms with Gasteiger partial charge in [0.15, 0.2) is 0 Å². The van der Waals surface area contributed by atoms with E-state index < -0.39 is 49.0 Å². The first-order valence-electron chi connectivity index (χ1n) is 11.2. The Labute approximate surface area is 229 Å². The number of piperidine rings is 1. The molecule has 0 amide bonds. The lowest BCUT2D eigenvalue weighted by Gasteiger charge is -2.39. The first-order chi connectivity index (χ1) is 18.0. The molecule has 0 aliphatic carbocycles. The summed E-state index contributed by atoms with van der Waals surface area (Å²) in [4.78, 5) is 5.22. The van der Waals surface area contributed by atoms with Crippen molar-refractivity contribution in [2.75, 3.05) is 22.7 Å². The van der Waals surface area contributed by atoms with E-state index in [0.29, 0.717) is 6.07 Å². The minimum atomic E-state index is -4.73. The number of alkyl halides is 6. The number of hydrogen-bond donors (Lipinski definition) is 2. The van der Waals surface area contributed by atoms with Crippen molar-refractivity contribution in [3.05, 3.63) is 81.5 Å². The fourth-order valence-corrected chi connectivity index (χ4v) is 5.77. The molecule has 0 bridgehead atoms. The van der Waals surface area contributed by atoms with Gasteiger partial charge in [-0.15, -0.1) is 0 Å². The highest BCUT2D eigenvalue weighted by Crippen LogP contribution is 2.41. The molecule has 1 aliphatic rings. The van der Waals surface area contributed by atoms with Crippen LogP contribution in [0.3, 0.4) is 0 Å². The highest BCUT2D eigenvalue weighted by atomic mass is 35.5. The Morgan fingerprint density at radius 2 is 1.59 bits per heavy atom. The molecule has 15 heteroatoms. The maximum absolute atomic E-state index is 13.3. The molecule has 0 unspecified atom stereocenters. The second-order valence-electron chi connectivity index (χ2n) is 8.87. The maximum Gasteiger partial charge on any atom is 0.417 e. The summed E-state index contributed by atoms with van der Waals surface area (Å²) in [5.41, 5.74) is -3.78. The minimum Gasteiger partial charge on any atom is -0.385 e. The van der Waals surface area contributed by atoms with Gasteiger partial charge in [-0.25, -0.2) is 13.4 Å². The van der Waals surface area contributed by atoms with Crippen LogP contribution < -0.4 is 9.62 Å². The quantitative estimate of drug-likeness (QED) is 0.312. The van der Waals surface area contributed by atoms with E-state index in [9.17, 15) is 39.9 Å². The lowest BCUT2D eigenvalue weighted by atomic mass is 9.83. The molecule has 1 fully saturated rings. The third-order valence-electron chi connectivity index (χ3n) is 6.24. The van der Waals surface area contributed by atoms with Crippen LogP contribution in [0, 0.1) is 0 Å². The Hall–Kier alpha value is -2.74. The number of aromatic nitrogens is 1. The third-order valence-corrected chi connectivity index (χ3v) is 8.23. The number of anilines is 2. The van der Waals surface area contributed by atoms with Crippen molar-refractivity contribution in [3.8, 4) is 0 Å². The van der Waals surface area contributed by atoms with Crippen LogP contribution in [0.15, 0.2) is 59.6 Å². The molecular formula is C24H19Cl2F6N3O3S. The molecule has 0 radical (unpaired) electrons. The first kappa shape index (κ1) is 29.2. The number of rotatable bonds is 5. The summed E-state index contributed by atoms with van der Waals surface area (Å²) < 4.78 is 106. The van der Waals surface area contributed by atoms with Crippen molar-refractivity contribution < 1.29 is 39.9 Å². The Balaban J connectivity index is 1.48. The Morgan fingerprint density at radius 1 is 0.923 bits per heavy atom. The van der Waals surface area contributed by atoms with E-state index in [1.807, 2.05) is 0 Å². The Kier molecular flexibility index (Phi) is 7.76. The number of aliphatic hydroxyl groups is 1. The molecule has 0 saturated carbocycles. The van der Waals surface area contributed by atoms with Gasteiger partial charge in [-0.05, 0) is 54.8 Å². The average molecular weight is 614 g/mol. The smallest absolute Gasteiger partial charge is 0.385 e. The standard InChI is InChI=1S/C24H19Cl2F6N3O3S/c25-19-5-4-14(11-18(19)24(30,31)32)22(36)6-8-35(9-7-22)21-20(26)12-16(13-33-21)34-39(37,38)17-3-1-2-15(10-17)23(27,28)29/h1-5,10-13,34,36H,6-9H2. The van der Waals surface area contributed by atoms with Crippen molar-refractivity contribution in [1.29, 1.82) is 0 Å². The summed E-state index contributed by atoms with van der Waals surface area (Å²) in [6, 6.07) is 7.70. The van der Waals surface area contributed by atoms with Gasteiger partial charge in [0.25, 0.3) is 10.0 Å². The van der Waals surface area contributed by atoms with Gasteiger partial charge in [0.2, 0.25) is 0 Å². The fraction of sp³-hybridized carbons (Fsp3) is 0.292. The van der Waals surface area contributed by atoms with Crippen LogP contribution in [0.2, 0.25) is 10.0 Å².